The molecule has 2 rings (SSSR count). The molecule has 1 aliphatic carbocycles. The highest BCUT2D eigenvalue weighted by Gasteiger charge is 2.41. The Kier molecular flexibility index (Phi) is 4.42. The molecule has 5 nitrogen and oxygen atoms in total. The molecule has 110 valence electrons. The van der Waals surface area contributed by atoms with Crippen molar-refractivity contribution in [1.29, 1.82) is 0 Å². The zero-order valence-electron chi connectivity index (χ0n) is 12.0. The van der Waals surface area contributed by atoms with Gasteiger partial charge in [-0.25, -0.2) is 0 Å². The van der Waals surface area contributed by atoms with Crippen LogP contribution in [0.4, 0.5) is 11.4 Å². The summed E-state index contributed by atoms with van der Waals surface area (Å²) < 4.78 is 5.88. The summed E-state index contributed by atoms with van der Waals surface area (Å²) in [6, 6.07) is 4.95. The molecule has 1 aromatic rings. The average Bonchev–Trinajstić information content (AvgIpc) is 3.16. The normalized spacial score (nSPS) is 16.0. The monoisotopic (exact) mass is 296 g/mol. The molecule has 0 aliphatic heterocycles. The van der Waals surface area contributed by atoms with Gasteiger partial charge in [0.15, 0.2) is 5.75 Å². The van der Waals surface area contributed by atoms with Gasteiger partial charge in [0, 0.05) is 29.1 Å². The second-order valence-corrected chi connectivity index (χ2v) is 6.62. The van der Waals surface area contributed by atoms with Crippen LogP contribution in [0.5, 0.6) is 5.75 Å². The van der Waals surface area contributed by atoms with Crippen molar-refractivity contribution in [2.75, 3.05) is 18.1 Å². The summed E-state index contributed by atoms with van der Waals surface area (Å²) in [6.45, 7) is 4.60. The maximum Gasteiger partial charge on any atom is 0.311 e. The number of nitro groups is 1. The largest absolute Gasteiger partial charge is 0.484 e. The third kappa shape index (κ3) is 3.56. The molecule has 0 bridgehead atoms. The van der Waals surface area contributed by atoms with E-state index in [1.807, 2.05) is 25.6 Å². The topological polar surface area (TPSA) is 64.4 Å². The molecule has 6 heteroatoms. The van der Waals surface area contributed by atoms with Gasteiger partial charge in [-0.3, -0.25) is 10.1 Å². The summed E-state index contributed by atoms with van der Waals surface area (Å²) in [4.78, 5) is 10.6. The fourth-order valence-corrected chi connectivity index (χ4v) is 2.71. The number of ether oxygens (including phenoxy) is 1. The Morgan fingerprint density at radius 2 is 2.20 bits per heavy atom. The molecule has 0 heterocycles. The lowest BCUT2D eigenvalue weighted by molar-refractivity contribution is -0.386. The zero-order chi connectivity index (χ0) is 14.8. The second-order valence-electron chi connectivity index (χ2n) is 5.35. The van der Waals surface area contributed by atoms with Crippen molar-refractivity contribution in [3.8, 4) is 5.75 Å². The van der Waals surface area contributed by atoms with Gasteiger partial charge >= 0.3 is 5.69 Å². The van der Waals surface area contributed by atoms with Crippen molar-refractivity contribution in [2.24, 2.45) is 0 Å². The van der Waals surface area contributed by atoms with E-state index in [4.69, 9.17) is 4.74 Å². The molecular formula is C14H20N2O3S. The van der Waals surface area contributed by atoms with Crippen molar-refractivity contribution in [1.82, 2.24) is 0 Å². The molecule has 0 saturated heterocycles. The van der Waals surface area contributed by atoms with Crippen LogP contribution in [-0.4, -0.2) is 28.6 Å². The van der Waals surface area contributed by atoms with E-state index in [2.05, 4.69) is 11.6 Å². The quantitative estimate of drug-likeness (QED) is 0.614. The van der Waals surface area contributed by atoms with Gasteiger partial charge < -0.3 is 10.1 Å². The molecule has 20 heavy (non-hydrogen) atoms. The Balaban J connectivity index is 2.12. The minimum absolute atomic E-state index is 0.00949. The lowest BCUT2D eigenvalue weighted by atomic mass is 10.2. The van der Waals surface area contributed by atoms with Crippen LogP contribution in [0.3, 0.4) is 0 Å². The van der Waals surface area contributed by atoms with Gasteiger partial charge in [-0.15, -0.1) is 0 Å². The maximum absolute atomic E-state index is 11.0. The number of benzene rings is 1. The molecule has 0 atom stereocenters. The summed E-state index contributed by atoms with van der Waals surface area (Å²) in [6.07, 6.45) is 4.48. The third-order valence-corrected chi connectivity index (χ3v) is 4.79. The summed E-state index contributed by atoms with van der Waals surface area (Å²) in [5, 5.41) is 14.3. The van der Waals surface area contributed by atoms with Crippen molar-refractivity contribution in [3.05, 3.63) is 28.3 Å². The number of nitrogens with one attached hydrogen (secondary N) is 1. The second kappa shape index (κ2) is 5.91. The van der Waals surface area contributed by atoms with E-state index in [9.17, 15) is 10.1 Å². The summed E-state index contributed by atoms with van der Waals surface area (Å²) in [5.74, 6) is 0.323. The summed E-state index contributed by atoms with van der Waals surface area (Å²) >= 11 is 1.88. The maximum atomic E-state index is 11.0. The molecule has 1 N–H and O–H groups in total. The van der Waals surface area contributed by atoms with Crippen LogP contribution in [0.15, 0.2) is 18.2 Å². The van der Waals surface area contributed by atoms with Crippen molar-refractivity contribution in [3.63, 3.8) is 0 Å². The van der Waals surface area contributed by atoms with Crippen molar-refractivity contribution < 1.29 is 9.66 Å². The summed E-state index contributed by atoms with van der Waals surface area (Å²) in [5.41, 5.74) is 0.877. The van der Waals surface area contributed by atoms with Crippen molar-refractivity contribution >= 4 is 23.1 Å². The molecular weight excluding hydrogens is 276 g/mol. The number of thioether (sulfide) groups is 1. The smallest absolute Gasteiger partial charge is 0.311 e. The van der Waals surface area contributed by atoms with Crippen LogP contribution >= 0.6 is 11.8 Å². The van der Waals surface area contributed by atoms with E-state index in [1.54, 1.807) is 12.1 Å². The molecule has 0 aromatic heterocycles. The molecule has 0 amide bonds. The fourth-order valence-electron chi connectivity index (χ4n) is 1.98. The zero-order valence-corrected chi connectivity index (χ0v) is 12.8. The highest BCUT2D eigenvalue weighted by Crippen LogP contribution is 2.47. The molecule has 0 radical (unpaired) electrons. The molecule has 0 unspecified atom stereocenters. The molecule has 1 aromatic carbocycles. The van der Waals surface area contributed by atoms with Gasteiger partial charge in [-0.2, -0.15) is 11.8 Å². The van der Waals surface area contributed by atoms with Crippen LogP contribution < -0.4 is 10.1 Å². The van der Waals surface area contributed by atoms with Crippen LogP contribution in [0.1, 0.15) is 26.7 Å². The highest BCUT2D eigenvalue weighted by atomic mass is 32.2. The summed E-state index contributed by atoms with van der Waals surface area (Å²) in [7, 11) is 0. The number of anilines is 1. The number of nitro benzene ring substituents is 1. The predicted molar refractivity (Wildman–Crippen MR) is 82.8 cm³/mol. The first-order chi connectivity index (χ1) is 9.46. The van der Waals surface area contributed by atoms with Gasteiger partial charge in [-0.1, -0.05) is 0 Å². The first-order valence-electron chi connectivity index (χ1n) is 6.70. The van der Waals surface area contributed by atoms with E-state index < -0.39 is 4.92 Å². The molecule has 0 spiro atoms. The van der Waals surface area contributed by atoms with Crippen LogP contribution in [-0.2, 0) is 0 Å². The van der Waals surface area contributed by atoms with E-state index in [0.29, 0.717) is 10.5 Å². The third-order valence-electron chi connectivity index (χ3n) is 3.37. The van der Waals surface area contributed by atoms with E-state index in [1.165, 1.54) is 18.9 Å². The number of rotatable bonds is 7. The van der Waals surface area contributed by atoms with E-state index >= 15 is 0 Å². The van der Waals surface area contributed by atoms with Gasteiger partial charge in [0.25, 0.3) is 0 Å². The first kappa shape index (κ1) is 15.0. The minimum atomic E-state index is -0.411. The lowest BCUT2D eigenvalue weighted by Crippen LogP contribution is -2.17. The number of nitrogens with zero attached hydrogens (tertiary/aromatic N) is 1. The Labute approximate surface area is 123 Å². The standard InChI is InChI=1S/C14H20N2O3S/c1-10(2)19-13-8-11(4-5-12(13)16(17)18)15-9-14(20-3)6-7-14/h4-5,8,10,15H,6-7,9H2,1-3H3. The highest BCUT2D eigenvalue weighted by molar-refractivity contribution is 8.00. The Hall–Kier alpha value is -1.43. The van der Waals surface area contributed by atoms with E-state index in [0.717, 1.165) is 12.2 Å². The fraction of sp³-hybridized carbons (Fsp3) is 0.571. The molecule has 1 aliphatic rings. The Morgan fingerprint density at radius 3 is 2.70 bits per heavy atom. The van der Waals surface area contributed by atoms with Crippen LogP contribution in [0, 0.1) is 10.1 Å². The Bertz CT molecular complexity index is 501. The Morgan fingerprint density at radius 1 is 1.50 bits per heavy atom. The SMILES string of the molecule is CSC1(CNc2ccc([N+](=O)[O-])c(OC(C)C)c2)CC1. The van der Waals surface area contributed by atoms with Crippen molar-refractivity contribution in [2.45, 2.75) is 37.5 Å². The number of hydrogen-bond acceptors (Lipinski definition) is 5. The molecule has 1 saturated carbocycles. The van der Waals surface area contributed by atoms with E-state index in [-0.39, 0.29) is 11.8 Å². The minimum Gasteiger partial charge on any atom is -0.484 e. The molecule has 1 fully saturated rings. The van der Waals surface area contributed by atoms with Gasteiger partial charge in [0.1, 0.15) is 0 Å². The first-order valence-corrected chi connectivity index (χ1v) is 7.92. The van der Waals surface area contributed by atoms with Gasteiger partial charge in [0.05, 0.1) is 11.0 Å². The van der Waals surface area contributed by atoms with Gasteiger partial charge in [-0.05, 0) is 39.0 Å². The van der Waals surface area contributed by atoms with Crippen LogP contribution in [0.2, 0.25) is 0 Å². The lowest BCUT2D eigenvalue weighted by Gasteiger charge is -2.16. The average molecular weight is 296 g/mol. The van der Waals surface area contributed by atoms with Crippen LogP contribution in [0.25, 0.3) is 0 Å². The predicted octanol–water partition coefficient (Wildman–Crippen LogP) is 3.69. The van der Waals surface area contributed by atoms with Gasteiger partial charge in [0.2, 0.25) is 0 Å². The number of hydrogen-bond donors (Lipinski definition) is 1.